The van der Waals surface area contributed by atoms with Gasteiger partial charge >= 0.3 is 6.03 Å². The van der Waals surface area contributed by atoms with Crippen LogP contribution in [0.25, 0.3) is 0 Å². The fourth-order valence-corrected chi connectivity index (χ4v) is 4.31. The van der Waals surface area contributed by atoms with Crippen LogP contribution in [0.4, 0.5) is 15.0 Å². The molecule has 0 unspecified atom stereocenters. The number of rotatable bonds is 4. The number of benzene rings is 1. The molecule has 0 spiro atoms. The summed E-state index contributed by atoms with van der Waals surface area (Å²) in [6, 6.07) is 9.04. The van der Waals surface area contributed by atoms with Gasteiger partial charge in [0.15, 0.2) is 0 Å². The van der Waals surface area contributed by atoms with E-state index in [2.05, 4.69) is 15.2 Å². The number of imide groups is 2. The van der Waals surface area contributed by atoms with Crippen LogP contribution in [0.1, 0.15) is 32.7 Å². The molecule has 10 nitrogen and oxygen atoms in total. The maximum absolute atomic E-state index is 13.4. The van der Waals surface area contributed by atoms with Gasteiger partial charge in [-0.3, -0.25) is 24.6 Å². The normalized spacial score (nSPS) is 19.2. The van der Waals surface area contributed by atoms with Gasteiger partial charge < -0.3 is 4.90 Å². The molecule has 0 bridgehead atoms. The van der Waals surface area contributed by atoms with E-state index in [1.807, 2.05) is 4.90 Å². The minimum absolute atomic E-state index is 0.0154. The van der Waals surface area contributed by atoms with Crippen LogP contribution in [0.15, 0.2) is 36.4 Å². The quantitative estimate of drug-likeness (QED) is 0.545. The van der Waals surface area contributed by atoms with E-state index in [9.17, 15) is 23.6 Å². The van der Waals surface area contributed by atoms with Gasteiger partial charge in [0.2, 0.25) is 11.9 Å². The Hall–Kier alpha value is -3.86. The Labute approximate surface area is 188 Å². The summed E-state index contributed by atoms with van der Waals surface area (Å²) in [7, 11) is 0. The van der Waals surface area contributed by atoms with Gasteiger partial charge in [0.1, 0.15) is 5.82 Å². The number of anilines is 1. The van der Waals surface area contributed by atoms with E-state index in [1.165, 1.54) is 6.07 Å². The SMILES string of the molecule is O=C1CCN(N2C(=O)c3ccc(CN4CCN(c5cccc(F)n5)CC4)cc3C2=O)C(=O)N1. The highest BCUT2D eigenvalue weighted by molar-refractivity contribution is 6.22. The average molecular weight is 452 g/mol. The molecule has 3 aliphatic heterocycles. The number of fused-ring (bicyclic) bond motifs is 1. The van der Waals surface area contributed by atoms with Crippen LogP contribution in [0, 0.1) is 5.95 Å². The van der Waals surface area contributed by atoms with Gasteiger partial charge in [-0.1, -0.05) is 12.1 Å². The molecule has 3 aliphatic rings. The molecule has 1 N–H and O–H groups in total. The highest BCUT2D eigenvalue weighted by Crippen LogP contribution is 2.27. The van der Waals surface area contributed by atoms with Crippen LogP contribution in [-0.2, 0) is 11.3 Å². The lowest BCUT2D eigenvalue weighted by Crippen LogP contribution is -2.58. The Morgan fingerprint density at radius 3 is 2.39 bits per heavy atom. The molecule has 170 valence electrons. The molecular formula is C22H21FN6O4. The van der Waals surface area contributed by atoms with E-state index in [4.69, 9.17) is 0 Å². The molecule has 0 atom stereocenters. The van der Waals surface area contributed by atoms with Crippen LogP contribution in [-0.4, -0.2) is 76.4 Å². The minimum atomic E-state index is -0.786. The molecule has 1 aromatic carbocycles. The van der Waals surface area contributed by atoms with Crippen molar-refractivity contribution in [1.29, 1.82) is 0 Å². The summed E-state index contributed by atoms with van der Waals surface area (Å²) in [4.78, 5) is 57.4. The zero-order valence-electron chi connectivity index (χ0n) is 17.7. The predicted octanol–water partition coefficient (Wildman–Crippen LogP) is 0.996. The van der Waals surface area contributed by atoms with Crippen molar-refractivity contribution in [2.75, 3.05) is 37.6 Å². The van der Waals surface area contributed by atoms with Crippen molar-refractivity contribution >= 4 is 29.6 Å². The van der Waals surface area contributed by atoms with Gasteiger partial charge in [-0.05, 0) is 29.8 Å². The van der Waals surface area contributed by atoms with Crippen molar-refractivity contribution in [2.45, 2.75) is 13.0 Å². The van der Waals surface area contributed by atoms with Crippen molar-refractivity contribution in [3.8, 4) is 0 Å². The summed E-state index contributed by atoms with van der Waals surface area (Å²) in [5.41, 5.74) is 1.34. The number of nitrogens with zero attached hydrogens (tertiary/aromatic N) is 5. The van der Waals surface area contributed by atoms with E-state index >= 15 is 0 Å². The lowest BCUT2D eigenvalue weighted by atomic mass is 10.1. The lowest BCUT2D eigenvalue weighted by molar-refractivity contribution is -0.122. The number of hydrogen-bond donors (Lipinski definition) is 1. The zero-order chi connectivity index (χ0) is 23.1. The Bertz CT molecular complexity index is 1160. The third-order valence-corrected chi connectivity index (χ3v) is 6.01. The van der Waals surface area contributed by atoms with E-state index < -0.39 is 29.7 Å². The number of aromatic nitrogens is 1. The summed E-state index contributed by atoms with van der Waals surface area (Å²) in [6.45, 7) is 3.39. The largest absolute Gasteiger partial charge is 0.354 e. The highest BCUT2D eigenvalue weighted by Gasteiger charge is 2.43. The first-order valence-electron chi connectivity index (χ1n) is 10.6. The fourth-order valence-electron chi connectivity index (χ4n) is 4.31. The van der Waals surface area contributed by atoms with Crippen molar-refractivity contribution in [3.63, 3.8) is 0 Å². The molecule has 1 aromatic heterocycles. The Balaban J connectivity index is 1.26. The molecule has 2 fully saturated rings. The van der Waals surface area contributed by atoms with Gasteiger partial charge in [-0.2, -0.15) is 9.40 Å². The standard InChI is InChI=1S/C22H21FN6O4/c23-17-2-1-3-18(24-17)27-10-8-26(9-11-27)13-14-4-5-15-16(12-14)21(32)29(20(15)31)28-7-6-19(30)25-22(28)33/h1-5,12H,6-11,13H2,(H,25,30,33). The van der Waals surface area contributed by atoms with Crippen LogP contribution in [0.3, 0.4) is 0 Å². The Kier molecular flexibility index (Phi) is 5.25. The number of urea groups is 1. The molecule has 2 saturated heterocycles. The average Bonchev–Trinajstić information content (AvgIpc) is 3.04. The van der Waals surface area contributed by atoms with Crippen LogP contribution in [0.5, 0.6) is 0 Å². The van der Waals surface area contributed by atoms with Crippen molar-refractivity contribution in [3.05, 3.63) is 59.0 Å². The molecule has 4 heterocycles. The maximum atomic E-state index is 13.4. The van der Waals surface area contributed by atoms with E-state index in [-0.39, 0.29) is 24.1 Å². The second-order valence-corrected chi connectivity index (χ2v) is 8.11. The van der Waals surface area contributed by atoms with E-state index in [1.54, 1.807) is 30.3 Å². The lowest BCUT2D eigenvalue weighted by Gasteiger charge is -2.35. The Morgan fingerprint density at radius 1 is 0.909 bits per heavy atom. The van der Waals surface area contributed by atoms with Crippen LogP contribution >= 0.6 is 0 Å². The first kappa shape index (κ1) is 21.0. The predicted molar refractivity (Wildman–Crippen MR) is 113 cm³/mol. The molecular weight excluding hydrogens is 431 g/mol. The molecule has 0 radical (unpaired) electrons. The second-order valence-electron chi connectivity index (χ2n) is 8.11. The highest BCUT2D eigenvalue weighted by atomic mass is 19.1. The molecule has 5 amide bonds. The summed E-state index contributed by atoms with van der Waals surface area (Å²) in [5, 5.41) is 3.91. The number of carbonyl (C=O) groups is 4. The first-order valence-corrected chi connectivity index (χ1v) is 10.6. The summed E-state index contributed by atoms with van der Waals surface area (Å²) in [5.74, 6) is -1.50. The van der Waals surface area contributed by atoms with E-state index in [0.717, 1.165) is 28.7 Å². The fraction of sp³-hybridized carbons (Fsp3) is 0.318. The number of hydrazine groups is 1. The van der Waals surface area contributed by atoms with E-state index in [0.29, 0.717) is 25.5 Å². The maximum Gasteiger partial charge on any atom is 0.343 e. The number of carbonyl (C=O) groups excluding carboxylic acids is 4. The first-order chi connectivity index (χ1) is 15.9. The molecule has 0 saturated carbocycles. The second kappa shape index (κ2) is 8.24. The van der Waals surface area contributed by atoms with Crippen LogP contribution in [0.2, 0.25) is 0 Å². The van der Waals surface area contributed by atoms with Crippen molar-refractivity contribution in [2.24, 2.45) is 0 Å². The number of amides is 5. The van der Waals surface area contributed by atoms with Gasteiger partial charge in [0.05, 0.1) is 17.7 Å². The van der Waals surface area contributed by atoms with Gasteiger partial charge in [-0.25, -0.2) is 14.8 Å². The minimum Gasteiger partial charge on any atom is -0.354 e. The molecule has 33 heavy (non-hydrogen) atoms. The summed E-state index contributed by atoms with van der Waals surface area (Å²) in [6.07, 6.45) is 0.0154. The van der Waals surface area contributed by atoms with Gasteiger partial charge in [0, 0.05) is 39.1 Å². The number of halogens is 1. The topological polar surface area (TPSA) is 106 Å². The van der Waals surface area contributed by atoms with Crippen molar-refractivity contribution < 1.29 is 23.6 Å². The third kappa shape index (κ3) is 3.91. The number of piperazine rings is 1. The third-order valence-electron chi connectivity index (χ3n) is 6.01. The Morgan fingerprint density at radius 2 is 1.67 bits per heavy atom. The van der Waals surface area contributed by atoms with Gasteiger partial charge in [0.25, 0.3) is 11.8 Å². The summed E-state index contributed by atoms with van der Waals surface area (Å²) >= 11 is 0. The molecule has 11 heteroatoms. The molecule has 2 aromatic rings. The zero-order valence-corrected chi connectivity index (χ0v) is 17.7. The smallest absolute Gasteiger partial charge is 0.343 e. The summed E-state index contributed by atoms with van der Waals surface area (Å²) < 4.78 is 13.4. The number of nitrogens with one attached hydrogen (secondary N) is 1. The molecule has 5 rings (SSSR count). The number of hydrogen-bond acceptors (Lipinski definition) is 7. The number of pyridine rings is 1. The van der Waals surface area contributed by atoms with Crippen LogP contribution < -0.4 is 10.2 Å². The monoisotopic (exact) mass is 452 g/mol. The van der Waals surface area contributed by atoms with Crippen molar-refractivity contribution in [1.82, 2.24) is 25.2 Å². The van der Waals surface area contributed by atoms with Gasteiger partial charge in [-0.15, -0.1) is 0 Å². The molecule has 0 aliphatic carbocycles.